The maximum absolute atomic E-state index is 5.56. The third-order valence-electron chi connectivity index (χ3n) is 1.80. The molecule has 0 aromatic carbocycles. The number of hydrogen-bond donors (Lipinski definition) is 2. The summed E-state index contributed by atoms with van der Waals surface area (Å²) >= 11 is 5.56. The van der Waals surface area contributed by atoms with Crippen LogP contribution in [0.25, 0.3) is 0 Å². The zero-order valence-corrected chi connectivity index (χ0v) is 8.11. The van der Waals surface area contributed by atoms with Gasteiger partial charge in [-0.15, -0.1) is 23.9 Å². The molecule has 0 spiro atoms. The van der Waals surface area contributed by atoms with Crippen molar-refractivity contribution in [2.75, 3.05) is 5.88 Å². The molecule has 0 heterocycles. The van der Waals surface area contributed by atoms with Crippen LogP contribution in [0.5, 0.6) is 0 Å². The van der Waals surface area contributed by atoms with Gasteiger partial charge in [0.15, 0.2) is 0 Å². The summed E-state index contributed by atoms with van der Waals surface area (Å²) in [5.41, 5.74) is 2.77. The predicted octanol–water partition coefficient (Wildman–Crippen LogP) is 1.64. The zero-order chi connectivity index (χ0) is 9.23. The average Bonchev–Trinajstić information content (AvgIpc) is 2.11. The number of nitrogens with one attached hydrogen (secondary N) is 1. The molecular formula is C9H17ClN2. The van der Waals surface area contributed by atoms with Crippen molar-refractivity contribution in [2.24, 2.45) is 5.84 Å². The molecule has 3 N–H and O–H groups in total. The Balaban J connectivity index is 3.34. The van der Waals surface area contributed by atoms with Gasteiger partial charge in [0.1, 0.15) is 0 Å². The van der Waals surface area contributed by atoms with Gasteiger partial charge in [0.25, 0.3) is 0 Å². The van der Waals surface area contributed by atoms with E-state index in [1.165, 1.54) is 0 Å². The minimum Gasteiger partial charge on any atom is -0.271 e. The highest BCUT2D eigenvalue weighted by molar-refractivity contribution is 6.17. The van der Waals surface area contributed by atoms with E-state index in [1.54, 1.807) is 0 Å². The summed E-state index contributed by atoms with van der Waals surface area (Å²) in [5, 5.41) is 0. The standard InChI is InChI=1S/C9H17ClN2/c1-2-3-4-6-9(12-11)7-5-8-10/h1,9,12H,3-8,11H2. The molecule has 2 nitrogen and oxygen atoms in total. The Morgan fingerprint density at radius 1 is 1.42 bits per heavy atom. The van der Waals surface area contributed by atoms with Crippen LogP contribution in [-0.2, 0) is 0 Å². The van der Waals surface area contributed by atoms with Crippen LogP contribution in [0, 0.1) is 12.3 Å². The summed E-state index contributed by atoms with van der Waals surface area (Å²) < 4.78 is 0. The normalized spacial score (nSPS) is 12.4. The van der Waals surface area contributed by atoms with Crippen LogP contribution in [0.1, 0.15) is 32.1 Å². The molecule has 1 atom stereocenters. The van der Waals surface area contributed by atoms with E-state index in [2.05, 4.69) is 11.3 Å². The van der Waals surface area contributed by atoms with Crippen LogP contribution >= 0.6 is 11.6 Å². The number of rotatable bonds is 7. The fraction of sp³-hybridized carbons (Fsp3) is 0.778. The van der Waals surface area contributed by atoms with Gasteiger partial charge in [-0.25, -0.2) is 0 Å². The largest absolute Gasteiger partial charge is 0.271 e. The maximum Gasteiger partial charge on any atom is 0.0224 e. The van der Waals surface area contributed by atoms with Crippen LogP contribution in [0.3, 0.4) is 0 Å². The van der Waals surface area contributed by atoms with Gasteiger partial charge in [-0.3, -0.25) is 11.3 Å². The van der Waals surface area contributed by atoms with Gasteiger partial charge in [-0.2, -0.15) is 0 Å². The van der Waals surface area contributed by atoms with Gasteiger partial charge in [-0.05, 0) is 25.7 Å². The summed E-state index contributed by atoms with van der Waals surface area (Å²) in [6.45, 7) is 0. The van der Waals surface area contributed by atoms with Gasteiger partial charge in [0.2, 0.25) is 0 Å². The summed E-state index contributed by atoms with van der Waals surface area (Å²) in [6.07, 6.45) is 10.1. The molecule has 0 saturated heterocycles. The second kappa shape index (κ2) is 8.86. The monoisotopic (exact) mass is 188 g/mol. The number of hydrazine groups is 1. The molecule has 0 aliphatic carbocycles. The Morgan fingerprint density at radius 2 is 2.08 bits per heavy atom. The van der Waals surface area contributed by atoms with E-state index in [0.717, 1.165) is 32.1 Å². The molecule has 0 rings (SSSR count). The first-order valence-electron chi connectivity index (χ1n) is 4.30. The van der Waals surface area contributed by atoms with Crippen LogP contribution in [-0.4, -0.2) is 11.9 Å². The topological polar surface area (TPSA) is 38.0 Å². The number of unbranched alkanes of at least 4 members (excludes halogenated alkanes) is 1. The van der Waals surface area contributed by atoms with Gasteiger partial charge in [-0.1, -0.05) is 0 Å². The van der Waals surface area contributed by atoms with Gasteiger partial charge >= 0.3 is 0 Å². The van der Waals surface area contributed by atoms with Crippen molar-refractivity contribution in [1.82, 2.24) is 5.43 Å². The molecule has 12 heavy (non-hydrogen) atoms. The van der Waals surface area contributed by atoms with E-state index in [0.29, 0.717) is 11.9 Å². The zero-order valence-electron chi connectivity index (χ0n) is 7.35. The molecule has 0 amide bonds. The highest BCUT2D eigenvalue weighted by Gasteiger charge is 2.04. The fourth-order valence-corrected chi connectivity index (χ4v) is 1.24. The minimum absolute atomic E-state index is 0.372. The number of alkyl halides is 1. The number of halogens is 1. The van der Waals surface area contributed by atoms with Crippen LogP contribution in [0.2, 0.25) is 0 Å². The summed E-state index contributed by atoms with van der Waals surface area (Å²) in [6, 6.07) is 0.372. The smallest absolute Gasteiger partial charge is 0.0224 e. The molecule has 0 saturated carbocycles. The Labute approximate surface area is 79.8 Å². The molecule has 1 unspecified atom stereocenters. The van der Waals surface area contributed by atoms with Crippen molar-refractivity contribution in [3.63, 3.8) is 0 Å². The summed E-state index contributed by atoms with van der Waals surface area (Å²) in [4.78, 5) is 0. The lowest BCUT2D eigenvalue weighted by atomic mass is 10.1. The Kier molecular flexibility index (Phi) is 8.69. The van der Waals surface area contributed by atoms with Crippen molar-refractivity contribution in [3.8, 4) is 12.3 Å². The first-order chi connectivity index (χ1) is 5.85. The molecule has 70 valence electrons. The molecule has 3 heteroatoms. The van der Waals surface area contributed by atoms with Gasteiger partial charge in [0, 0.05) is 18.3 Å². The molecule has 0 aliphatic rings. The Bertz CT molecular complexity index is 131. The first kappa shape index (κ1) is 11.8. The van der Waals surface area contributed by atoms with Crippen LogP contribution in [0.4, 0.5) is 0 Å². The van der Waals surface area contributed by atoms with E-state index in [4.69, 9.17) is 23.9 Å². The third kappa shape index (κ3) is 6.48. The molecule has 0 aliphatic heterocycles. The summed E-state index contributed by atoms with van der Waals surface area (Å²) in [7, 11) is 0. The number of nitrogens with two attached hydrogens (primary N) is 1. The van der Waals surface area contributed by atoms with E-state index in [1.807, 2.05) is 0 Å². The van der Waals surface area contributed by atoms with E-state index in [9.17, 15) is 0 Å². The van der Waals surface area contributed by atoms with E-state index >= 15 is 0 Å². The molecule has 0 aromatic rings. The van der Waals surface area contributed by atoms with Crippen molar-refractivity contribution < 1.29 is 0 Å². The van der Waals surface area contributed by atoms with Crippen molar-refractivity contribution in [3.05, 3.63) is 0 Å². The van der Waals surface area contributed by atoms with E-state index < -0.39 is 0 Å². The second-order valence-corrected chi connectivity index (χ2v) is 3.17. The fourth-order valence-electron chi connectivity index (χ4n) is 1.09. The Morgan fingerprint density at radius 3 is 2.58 bits per heavy atom. The number of hydrogen-bond acceptors (Lipinski definition) is 2. The second-order valence-electron chi connectivity index (χ2n) is 2.79. The lowest BCUT2D eigenvalue weighted by molar-refractivity contribution is 0.450. The minimum atomic E-state index is 0.372. The van der Waals surface area contributed by atoms with E-state index in [-0.39, 0.29) is 0 Å². The van der Waals surface area contributed by atoms with Gasteiger partial charge in [0.05, 0.1) is 0 Å². The molecular weight excluding hydrogens is 172 g/mol. The van der Waals surface area contributed by atoms with Crippen molar-refractivity contribution in [1.29, 1.82) is 0 Å². The average molecular weight is 189 g/mol. The van der Waals surface area contributed by atoms with Gasteiger partial charge < -0.3 is 0 Å². The molecule has 0 aromatic heterocycles. The van der Waals surface area contributed by atoms with Crippen molar-refractivity contribution in [2.45, 2.75) is 38.1 Å². The first-order valence-corrected chi connectivity index (χ1v) is 4.84. The highest BCUT2D eigenvalue weighted by Crippen LogP contribution is 2.06. The SMILES string of the molecule is C#CCCCC(CCCCl)NN. The summed E-state index contributed by atoms with van der Waals surface area (Å²) in [5.74, 6) is 8.66. The highest BCUT2D eigenvalue weighted by atomic mass is 35.5. The molecule has 0 bridgehead atoms. The number of terminal acetylenes is 1. The molecule has 0 fully saturated rings. The van der Waals surface area contributed by atoms with Crippen molar-refractivity contribution >= 4 is 11.6 Å². The lowest BCUT2D eigenvalue weighted by Crippen LogP contribution is -2.35. The Hall–Kier alpha value is -0.230. The quantitative estimate of drug-likeness (QED) is 0.210. The third-order valence-corrected chi connectivity index (χ3v) is 2.06. The van der Waals surface area contributed by atoms with Crippen LogP contribution < -0.4 is 11.3 Å². The predicted molar refractivity (Wildman–Crippen MR) is 53.7 cm³/mol. The van der Waals surface area contributed by atoms with Crippen LogP contribution in [0.15, 0.2) is 0 Å². The lowest BCUT2D eigenvalue weighted by Gasteiger charge is -2.13. The maximum atomic E-state index is 5.56. The molecule has 0 radical (unpaired) electrons.